The number of nitro groups is 1. The van der Waals surface area contributed by atoms with Crippen LogP contribution in [-0.2, 0) is 0 Å². The highest BCUT2D eigenvalue weighted by Crippen LogP contribution is 2.30. The molecule has 0 saturated heterocycles. The summed E-state index contributed by atoms with van der Waals surface area (Å²) in [4.78, 5) is 10.5. The van der Waals surface area contributed by atoms with Gasteiger partial charge in [-0.1, -0.05) is 36.9 Å². The van der Waals surface area contributed by atoms with Gasteiger partial charge in [0.15, 0.2) is 0 Å². The third-order valence-corrected chi connectivity index (χ3v) is 2.80. The summed E-state index contributed by atoms with van der Waals surface area (Å²) in [6.07, 6.45) is 4.87. The van der Waals surface area contributed by atoms with Crippen molar-refractivity contribution in [1.82, 2.24) is 0 Å². The zero-order chi connectivity index (χ0) is 14.1. The van der Waals surface area contributed by atoms with Gasteiger partial charge in [0.1, 0.15) is 12.4 Å². The fraction of sp³-hybridized carbons (Fsp3) is 0.333. The number of ether oxygens (including phenoxy) is 1. The first-order valence-corrected chi connectivity index (χ1v) is 6.24. The minimum atomic E-state index is -0.280. The summed E-state index contributed by atoms with van der Waals surface area (Å²) in [6, 6.07) is 7.45. The molecule has 19 heavy (non-hydrogen) atoms. The molecule has 0 aliphatic carbocycles. The Morgan fingerprint density at radius 1 is 1.32 bits per heavy atom. The lowest BCUT2D eigenvalue weighted by Gasteiger charge is -2.16. The van der Waals surface area contributed by atoms with Crippen molar-refractivity contribution in [3.05, 3.63) is 65.3 Å². The molecule has 0 saturated carbocycles. The first-order chi connectivity index (χ1) is 9.19. The fourth-order valence-corrected chi connectivity index (χ4v) is 1.94. The maximum atomic E-state index is 10.8. The lowest BCUT2D eigenvalue weighted by atomic mass is 9.93. The molecule has 0 fully saturated rings. The van der Waals surface area contributed by atoms with E-state index in [1.807, 2.05) is 24.3 Å². The van der Waals surface area contributed by atoms with Crippen LogP contribution >= 0.6 is 0 Å². The third-order valence-electron chi connectivity index (χ3n) is 2.80. The van der Waals surface area contributed by atoms with Crippen LogP contribution in [-0.4, -0.2) is 18.1 Å². The third kappa shape index (κ3) is 4.95. The van der Waals surface area contributed by atoms with Crippen LogP contribution in [0.25, 0.3) is 0 Å². The molecular weight excluding hydrogens is 242 g/mol. The van der Waals surface area contributed by atoms with E-state index in [0.717, 1.165) is 12.0 Å². The first-order valence-electron chi connectivity index (χ1n) is 6.24. The van der Waals surface area contributed by atoms with E-state index in [1.54, 1.807) is 12.2 Å². The van der Waals surface area contributed by atoms with Crippen molar-refractivity contribution in [2.24, 2.45) is 0 Å². The van der Waals surface area contributed by atoms with Gasteiger partial charge in [-0.3, -0.25) is 10.1 Å². The van der Waals surface area contributed by atoms with Gasteiger partial charge in [0.25, 0.3) is 0 Å². The predicted molar refractivity (Wildman–Crippen MR) is 76.2 cm³/mol. The highest BCUT2D eigenvalue weighted by Gasteiger charge is 2.20. The average Bonchev–Trinajstić information content (AvgIpc) is 2.41. The van der Waals surface area contributed by atoms with Crippen molar-refractivity contribution in [2.45, 2.75) is 18.8 Å². The Morgan fingerprint density at radius 2 is 2.05 bits per heavy atom. The SMILES string of the molecule is C=CCCC(C[N+](=O)[O-])c1ccccc1OCC=C. The summed E-state index contributed by atoms with van der Waals surface area (Å²) in [6.45, 7) is 7.56. The molecule has 0 N–H and O–H groups in total. The number of rotatable bonds is 9. The van der Waals surface area contributed by atoms with Gasteiger partial charge in [-0.2, -0.15) is 0 Å². The van der Waals surface area contributed by atoms with Gasteiger partial charge in [-0.25, -0.2) is 0 Å². The van der Waals surface area contributed by atoms with E-state index in [9.17, 15) is 10.1 Å². The van der Waals surface area contributed by atoms with Crippen LogP contribution < -0.4 is 4.74 Å². The molecule has 1 unspecified atom stereocenters. The number of hydrogen-bond acceptors (Lipinski definition) is 3. The number of hydrogen-bond donors (Lipinski definition) is 0. The number of para-hydroxylation sites is 1. The Kier molecular flexibility index (Phi) is 6.36. The Balaban J connectivity index is 2.94. The number of allylic oxidation sites excluding steroid dienone is 1. The van der Waals surface area contributed by atoms with Crippen LogP contribution in [0.3, 0.4) is 0 Å². The number of nitrogens with zero attached hydrogens (tertiary/aromatic N) is 1. The lowest BCUT2D eigenvalue weighted by Crippen LogP contribution is -2.14. The molecule has 0 radical (unpaired) electrons. The van der Waals surface area contributed by atoms with Crippen LogP contribution in [0, 0.1) is 10.1 Å². The van der Waals surface area contributed by atoms with Crippen LogP contribution in [0.5, 0.6) is 5.75 Å². The van der Waals surface area contributed by atoms with E-state index in [1.165, 1.54) is 0 Å². The van der Waals surface area contributed by atoms with Gasteiger partial charge in [-0.15, -0.1) is 6.58 Å². The highest BCUT2D eigenvalue weighted by molar-refractivity contribution is 5.36. The summed E-state index contributed by atoms with van der Waals surface area (Å²) in [5, 5.41) is 10.8. The summed E-state index contributed by atoms with van der Waals surface area (Å²) < 4.78 is 5.56. The average molecular weight is 261 g/mol. The summed E-state index contributed by atoms with van der Waals surface area (Å²) in [5.74, 6) is 0.535. The molecule has 1 aromatic rings. The van der Waals surface area contributed by atoms with E-state index in [-0.39, 0.29) is 17.4 Å². The summed E-state index contributed by atoms with van der Waals surface area (Å²) >= 11 is 0. The normalized spacial score (nSPS) is 11.6. The molecule has 4 heteroatoms. The van der Waals surface area contributed by atoms with E-state index >= 15 is 0 Å². The second-order valence-corrected chi connectivity index (χ2v) is 4.22. The van der Waals surface area contributed by atoms with Crippen molar-refractivity contribution in [1.29, 1.82) is 0 Å². The lowest BCUT2D eigenvalue weighted by molar-refractivity contribution is -0.483. The number of benzene rings is 1. The van der Waals surface area contributed by atoms with E-state index in [2.05, 4.69) is 13.2 Å². The van der Waals surface area contributed by atoms with Gasteiger partial charge < -0.3 is 4.74 Å². The van der Waals surface area contributed by atoms with Gasteiger partial charge in [-0.05, 0) is 18.9 Å². The molecule has 1 rings (SSSR count). The molecule has 4 nitrogen and oxygen atoms in total. The van der Waals surface area contributed by atoms with E-state index in [4.69, 9.17) is 4.74 Å². The van der Waals surface area contributed by atoms with Crippen LogP contribution in [0.1, 0.15) is 24.3 Å². The maximum absolute atomic E-state index is 10.8. The molecule has 0 aromatic heterocycles. The molecule has 0 aliphatic rings. The van der Waals surface area contributed by atoms with Crippen molar-refractivity contribution in [2.75, 3.05) is 13.2 Å². The monoisotopic (exact) mass is 261 g/mol. The molecule has 0 heterocycles. The van der Waals surface area contributed by atoms with E-state index in [0.29, 0.717) is 18.8 Å². The Morgan fingerprint density at radius 3 is 2.68 bits per heavy atom. The summed E-state index contributed by atoms with van der Waals surface area (Å²) in [7, 11) is 0. The second kappa shape index (κ2) is 8.08. The zero-order valence-corrected chi connectivity index (χ0v) is 11.0. The predicted octanol–water partition coefficient (Wildman–Crippen LogP) is 3.58. The molecule has 0 aliphatic heterocycles. The Labute approximate surface area is 113 Å². The van der Waals surface area contributed by atoms with Crippen molar-refractivity contribution in [3.63, 3.8) is 0 Å². The highest BCUT2D eigenvalue weighted by atomic mass is 16.6. The standard InChI is InChI=1S/C15H19NO3/c1-3-5-8-13(12-16(17)18)14-9-6-7-10-15(14)19-11-4-2/h3-4,6-7,9-10,13H,1-2,5,8,11-12H2. The molecule has 0 bridgehead atoms. The minimum Gasteiger partial charge on any atom is -0.489 e. The van der Waals surface area contributed by atoms with Gasteiger partial charge in [0, 0.05) is 10.5 Å². The zero-order valence-electron chi connectivity index (χ0n) is 11.0. The van der Waals surface area contributed by atoms with Crippen LogP contribution in [0.4, 0.5) is 0 Å². The van der Waals surface area contributed by atoms with Gasteiger partial charge in [0.2, 0.25) is 6.54 Å². The van der Waals surface area contributed by atoms with Crippen molar-refractivity contribution in [3.8, 4) is 5.75 Å². The van der Waals surface area contributed by atoms with Crippen molar-refractivity contribution < 1.29 is 9.66 Å². The molecule has 1 aromatic carbocycles. The Bertz CT molecular complexity index is 443. The van der Waals surface area contributed by atoms with Crippen LogP contribution in [0.2, 0.25) is 0 Å². The molecule has 0 spiro atoms. The van der Waals surface area contributed by atoms with E-state index < -0.39 is 0 Å². The van der Waals surface area contributed by atoms with Gasteiger partial charge >= 0.3 is 0 Å². The molecule has 102 valence electrons. The minimum absolute atomic E-state index is 0.0949. The summed E-state index contributed by atoms with van der Waals surface area (Å²) in [5.41, 5.74) is 0.878. The topological polar surface area (TPSA) is 52.4 Å². The molecular formula is C15H19NO3. The smallest absolute Gasteiger partial charge is 0.210 e. The largest absolute Gasteiger partial charge is 0.489 e. The maximum Gasteiger partial charge on any atom is 0.210 e. The fourth-order valence-electron chi connectivity index (χ4n) is 1.94. The van der Waals surface area contributed by atoms with Crippen molar-refractivity contribution >= 4 is 0 Å². The first kappa shape index (κ1) is 15.0. The molecule has 1 atom stereocenters. The molecule has 0 amide bonds. The quantitative estimate of drug-likeness (QED) is 0.388. The van der Waals surface area contributed by atoms with Gasteiger partial charge in [0.05, 0.1) is 5.92 Å². The Hall–Kier alpha value is -2.10. The second-order valence-electron chi connectivity index (χ2n) is 4.22. The van der Waals surface area contributed by atoms with Crippen LogP contribution in [0.15, 0.2) is 49.6 Å².